The average molecular weight is 468 g/mol. The minimum absolute atomic E-state index is 0.274. The Bertz CT molecular complexity index is 926. The van der Waals surface area contributed by atoms with Crippen LogP contribution in [0.5, 0.6) is 0 Å². The van der Waals surface area contributed by atoms with E-state index >= 15 is 0 Å². The van der Waals surface area contributed by atoms with Crippen molar-refractivity contribution >= 4 is 17.9 Å². The van der Waals surface area contributed by atoms with E-state index in [0.717, 1.165) is 18.4 Å². The van der Waals surface area contributed by atoms with Crippen LogP contribution in [-0.2, 0) is 20.9 Å². The molecule has 0 radical (unpaired) electrons. The summed E-state index contributed by atoms with van der Waals surface area (Å²) in [6, 6.07) is 17.2. The Labute approximate surface area is 202 Å². The van der Waals surface area contributed by atoms with Crippen LogP contribution < -0.4 is 10.6 Å². The first-order valence-electron chi connectivity index (χ1n) is 11.8. The van der Waals surface area contributed by atoms with Crippen molar-refractivity contribution in [1.82, 2.24) is 15.5 Å². The second-order valence-electron chi connectivity index (χ2n) is 9.27. The van der Waals surface area contributed by atoms with Gasteiger partial charge in [0.25, 0.3) is 0 Å². The van der Waals surface area contributed by atoms with Crippen LogP contribution in [-0.4, -0.2) is 41.0 Å². The third-order valence-corrected chi connectivity index (χ3v) is 5.12. The smallest absolute Gasteiger partial charge is 0.408 e. The van der Waals surface area contributed by atoms with Crippen molar-refractivity contribution in [3.63, 3.8) is 0 Å². The Balaban J connectivity index is 2.28. The first kappa shape index (κ1) is 26.9. The lowest BCUT2D eigenvalue weighted by molar-refractivity contribution is -0.142. The molecule has 184 valence electrons. The fourth-order valence-corrected chi connectivity index (χ4v) is 3.48. The summed E-state index contributed by atoms with van der Waals surface area (Å²) in [7, 11) is 0. The van der Waals surface area contributed by atoms with Crippen LogP contribution in [0, 0.1) is 0 Å². The number of carbonyl (C=O) groups is 3. The highest BCUT2D eigenvalue weighted by Gasteiger charge is 2.34. The lowest BCUT2D eigenvalue weighted by Gasteiger charge is -2.33. The molecule has 0 aliphatic rings. The summed E-state index contributed by atoms with van der Waals surface area (Å²) in [5.41, 5.74) is 0.995. The molecule has 0 aliphatic heterocycles. The van der Waals surface area contributed by atoms with Gasteiger partial charge < -0.3 is 20.3 Å². The van der Waals surface area contributed by atoms with Crippen LogP contribution in [0.1, 0.15) is 64.6 Å². The highest BCUT2D eigenvalue weighted by atomic mass is 16.6. The summed E-state index contributed by atoms with van der Waals surface area (Å²) < 4.78 is 5.30. The van der Waals surface area contributed by atoms with Gasteiger partial charge in [-0.05, 0) is 45.2 Å². The molecule has 7 heteroatoms. The molecule has 2 unspecified atom stereocenters. The van der Waals surface area contributed by atoms with E-state index in [-0.39, 0.29) is 11.8 Å². The van der Waals surface area contributed by atoms with E-state index in [2.05, 4.69) is 10.6 Å². The molecular formula is C27H37N3O4. The van der Waals surface area contributed by atoms with E-state index in [1.54, 1.807) is 32.6 Å². The van der Waals surface area contributed by atoms with Gasteiger partial charge in [0.05, 0.1) is 0 Å². The summed E-state index contributed by atoms with van der Waals surface area (Å²) >= 11 is 0. The number of hydrogen-bond donors (Lipinski definition) is 2. The number of unbranched alkanes of at least 4 members (excludes halogenated alkanes) is 1. The summed E-state index contributed by atoms with van der Waals surface area (Å²) in [6.07, 6.45) is 0.902. The van der Waals surface area contributed by atoms with Crippen LogP contribution >= 0.6 is 0 Å². The largest absolute Gasteiger partial charge is 0.444 e. The summed E-state index contributed by atoms with van der Waals surface area (Å²) in [5.74, 6) is -0.619. The van der Waals surface area contributed by atoms with Crippen LogP contribution in [0.15, 0.2) is 60.7 Å². The molecule has 0 saturated carbocycles. The van der Waals surface area contributed by atoms with Crippen molar-refractivity contribution in [2.45, 2.75) is 71.7 Å². The fraction of sp³-hybridized carbons (Fsp3) is 0.444. The van der Waals surface area contributed by atoms with Crippen LogP contribution in [0.4, 0.5) is 4.79 Å². The molecule has 2 N–H and O–H groups in total. The van der Waals surface area contributed by atoms with Gasteiger partial charge in [0.2, 0.25) is 11.8 Å². The average Bonchev–Trinajstić information content (AvgIpc) is 2.79. The molecule has 0 fully saturated rings. The molecule has 7 nitrogen and oxygen atoms in total. The van der Waals surface area contributed by atoms with Crippen LogP contribution in [0.25, 0.3) is 0 Å². The number of benzene rings is 2. The molecule has 3 amide bonds. The first-order valence-corrected chi connectivity index (χ1v) is 11.8. The van der Waals surface area contributed by atoms with Crippen molar-refractivity contribution in [3.8, 4) is 0 Å². The number of nitrogens with zero attached hydrogens (tertiary/aromatic N) is 1. The van der Waals surface area contributed by atoms with Gasteiger partial charge in [0, 0.05) is 13.1 Å². The summed E-state index contributed by atoms with van der Waals surface area (Å²) in [5, 5.41) is 5.59. The monoisotopic (exact) mass is 467 g/mol. The zero-order chi connectivity index (χ0) is 25.1. The third-order valence-electron chi connectivity index (χ3n) is 5.12. The Morgan fingerprint density at radius 1 is 0.971 bits per heavy atom. The number of amides is 3. The summed E-state index contributed by atoms with van der Waals surface area (Å²) in [6.45, 7) is 9.64. The SMILES string of the molecule is CCCCN(C(=O)C(C)NC(=O)OC(C)(C)C)C(C(=O)NCc1ccccc1)c1ccccc1. The lowest BCUT2D eigenvalue weighted by atomic mass is 10.0. The topological polar surface area (TPSA) is 87.7 Å². The van der Waals surface area contributed by atoms with Gasteiger partial charge in [-0.2, -0.15) is 0 Å². The number of alkyl carbamates (subject to hydrolysis) is 1. The number of ether oxygens (including phenoxy) is 1. The molecular weight excluding hydrogens is 430 g/mol. The van der Waals surface area contributed by atoms with Crippen molar-refractivity contribution in [2.24, 2.45) is 0 Å². The van der Waals surface area contributed by atoms with E-state index in [1.807, 2.05) is 67.6 Å². The molecule has 0 aliphatic carbocycles. The predicted molar refractivity (Wildman–Crippen MR) is 133 cm³/mol. The Hall–Kier alpha value is -3.35. The molecule has 34 heavy (non-hydrogen) atoms. The molecule has 2 aromatic carbocycles. The zero-order valence-electron chi connectivity index (χ0n) is 20.8. The Morgan fingerprint density at radius 2 is 1.56 bits per heavy atom. The van der Waals surface area contributed by atoms with E-state index in [0.29, 0.717) is 18.7 Å². The van der Waals surface area contributed by atoms with E-state index in [4.69, 9.17) is 4.74 Å². The van der Waals surface area contributed by atoms with Gasteiger partial charge in [-0.3, -0.25) is 9.59 Å². The van der Waals surface area contributed by atoms with Gasteiger partial charge in [-0.15, -0.1) is 0 Å². The van der Waals surface area contributed by atoms with Gasteiger partial charge >= 0.3 is 6.09 Å². The fourth-order valence-electron chi connectivity index (χ4n) is 3.48. The van der Waals surface area contributed by atoms with Gasteiger partial charge in [-0.25, -0.2) is 4.79 Å². The van der Waals surface area contributed by atoms with E-state index < -0.39 is 23.8 Å². The number of carbonyl (C=O) groups excluding carboxylic acids is 3. The van der Waals surface area contributed by atoms with Crippen molar-refractivity contribution < 1.29 is 19.1 Å². The molecule has 2 atom stereocenters. The standard InChI is InChI=1S/C27H37N3O4/c1-6-7-18-30(25(32)20(2)29-26(33)34-27(3,4)5)23(22-16-12-9-13-17-22)24(31)28-19-21-14-10-8-11-15-21/h8-17,20,23H,6-7,18-19H2,1-5H3,(H,28,31)(H,29,33). The highest BCUT2D eigenvalue weighted by molar-refractivity contribution is 5.91. The number of nitrogens with one attached hydrogen (secondary N) is 2. The van der Waals surface area contributed by atoms with Crippen LogP contribution in [0.3, 0.4) is 0 Å². The molecule has 0 spiro atoms. The molecule has 0 heterocycles. The van der Waals surface area contributed by atoms with E-state index in [1.165, 1.54) is 0 Å². The molecule has 0 bridgehead atoms. The zero-order valence-corrected chi connectivity index (χ0v) is 20.8. The maximum atomic E-state index is 13.5. The lowest BCUT2D eigenvalue weighted by Crippen LogP contribution is -2.52. The second kappa shape index (κ2) is 12.8. The minimum Gasteiger partial charge on any atom is -0.444 e. The third kappa shape index (κ3) is 8.54. The van der Waals surface area contributed by atoms with Crippen molar-refractivity contribution in [3.05, 3.63) is 71.8 Å². The quantitative estimate of drug-likeness (QED) is 0.535. The Kier molecular flexibility index (Phi) is 10.1. The van der Waals surface area contributed by atoms with Crippen LogP contribution in [0.2, 0.25) is 0 Å². The second-order valence-corrected chi connectivity index (χ2v) is 9.27. The number of rotatable bonds is 10. The molecule has 2 aromatic rings. The summed E-state index contributed by atoms with van der Waals surface area (Å²) in [4.78, 5) is 40.8. The maximum Gasteiger partial charge on any atom is 0.408 e. The normalized spacial score (nSPS) is 12.9. The van der Waals surface area contributed by atoms with Crippen molar-refractivity contribution in [1.29, 1.82) is 0 Å². The molecule has 0 aromatic heterocycles. The number of hydrogen-bond acceptors (Lipinski definition) is 4. The van der Waals surface area contributed by atoms with E-state index in [9.17, 15) is 14.4 Å². The molecule has 2 rings (SSSR count). The van der Waals surface area contributed by atoms with Gasteiger partial charge in [0.15, 0.2) is 0 Å². The maximum absolute atomic E-state index is 13.5. The van der Waals surface area contributed by atoms with Crippen molar-refractivity contribution in [2.75, 3.05) is 6.54 Å². The Morgan fingerprint density at radius 3 is 2.12 bits per heavy atom. The van der Waals surface area contributed by atoms with Gasteiger partial charge in [0.1, 0.15) is 17.7 Å². The highest BCUT2D eigenvalue weighted by Crippen LogP contribution is 2.23. The first-order chi connectivity index (χ1) is 16.1. The van der Waals surface area contributed by atoms with Gasteiger partial charge in [-0.1, -0.05) is 74.0 Å². The predicted octanol–water partition coefficient (Wildman–Crippen LogP) is 4.59. The molecule has 0 saturated heterocycles. The minimum atomic E-state index is -0.861.